The standard InChI is InChI=1S/C82H104F4N12O17S2/c1-77(2,3)62-70(102)97-43-49(38-58(97)67(100)93-82(41-53(82)65(85)86)73(105)95-117(110,111)80(7)33-34-80)113-74-88-54-29-27-44(36-51(54)69(101)96(74)35-15-9-11-20-47-22-17-25-59(47)114-75(106)90-62)39-78(4,5)63-71(103)98-42-48(37-57(98)66(99)92-81(40-52(81)64(83)84)72(104)94-116(108,109)79(6)31-32-79)112-68-56(87-55-30-28-45-18-13-14-23-50(45)61(55)89-68)24-12-8-10-19-46-21-16-26-60(46)115-76(107)91-63/h13-14,18,23,27-30,36,46-49,52-53,57-60,62-65H,8-12,15-17,19-22,24-26,31-35,37-43H2,1-7H3,(H,90,106)(H,91,107)(H,92,99)(H,93,100)(H,94,104)(H,95,105)/t46-,47-,48-,49-,52+,53+,57+,58+,59-,60-,62-,63-,81-,82-/m1/s1. The number of sulfonamides is 2. The van der Waals surface area contributed by atoms with Crippen LogP contribution in [0.3, 0.4) is 0 Å². The summed E-state index contributed by atoms with van der Waals surface area (Å²) in [4.78, 5) is 152. The van der Waals surface area contributed by atoms with Gasteiger partial charge in [-0.25, -0.2) is 54.0 Å². The van der Waals surface area contributed by atoms with Gasteiger partial charge in [0, 0.05) is 24.8 Å². The van der Waals surface area contributed by atoms with Gasteiger partial charge in [0.1, 0.15) is 70.9 Å². The lowest BCUT2D eigenvalue weighted by atomic mass is 9.77. The summed E-state index contributed by atoms with van der Waals surface area (Å²) in [5.41, 5.74) is -5.77. The van der Waals surface area contributed by atoms with Gasteiger partial charge in [-0.15, -0.1) is 0 Å². The van der Waals surface area contributed by atoms with Crippen LogP contribution in [0.4, 0.5) is 27.2 Å². The van der Waals surface area contributed by atoms with Gasteiger partial charge in [-0.2, -0.15) is 4.98 Å². The zero-order chi connectivity index (χ0) is 83.4. The summed E-state index contributed by atoms with van der Waals surface area (Å²) in [7, 11) is -8.82. The first-order valence-electron chi connectivity index (χ1n) is 41.2. The van der Waals surface area contributed by atoms with Crippen molar-refractivity contribution in [3.8, 4) is 11.9 Å². The van der Waals surface area contributed by atoms with Crippen LogP contribution < -0.4 is 45.7 Å². The Kier molecular flexibility index (Phi) is 22.2. The quantitative estimate of drug-likeness (QED) is 0.0420. The minimum Gasteiger partial charge on any atom is -0.471 e. The zero-order valence-electron chi connectivity index (χ0n) is 66.8. The van der Waals surface area contributed by atoms with Crippen LogP contribution in [-0.4, -0.2) is 189 Å². The van der Waals surface area contributed by atoms with Crippen LogP contribution >= 0.6 is 0 Å². The van der Waals surface area contributed by atoms with E-state index in [1.54, 1.807) is 52.8 Å². The molecule has 0 unspecified atom stereocenters. The van der Waals surface area contributed by atoms with E-state index in [0.29, 0.717) is 73.7 Å². The highest BCUT2D eigenvalue weighted by Crippen LogP contribution is 2.52. The van der Waals surface area contributed by atoms with Crippen LogP contribution in [0.2, 0.25) is 0 Å². The van der Waals surface area contributed by atoms with Crippen LogP contribution in [0.25, 0.3) is 32.7 Å². The fourth-order valence-electron chi connectivity index (χ4n) is 18.5. The largest absolute Gasteiger partial charge is 0.471 e. The summed E-state index contributed by atoms with van der Waals surface area (Å²) in [6.45, 7) is 10.5. The first kappa shape index (κ1) is 83.1. The maximum Gasteiger partial charge on any atom is 0.408 e. The Morgan fingerprint density at radius 1 is 0.581 bits per heavy atom. The van der Waals surface area contributed by atoms with Crippen molar-refractivity contribution in [2.24, 2.45) is 34.5 Å². The van der Waals surface area contributed by atoms with Crippen molar-refractivity contribution in [1.29, 1.82) is 0 Å². The van der Waals surface area contributed by atoms with Crippen molar-refractivity contribution in [3.05, 3.63) is 76.2 Å². The first-order valence-corrected chi connectivity index (χ1v) is 44.2. The fourth-order valence-corrected chi connectivity index (χ4v) is 21.2. The molecule has 35 heteroatoms. The lowest BCUT2D eigenvalue weighted by Gasteiger charge is -2.38. The van der Waals surface area contributed by atoms with Gasteiger partial charge in [0.2, 0.25) is 62.4 Å². The summed E-state index contributed by atoms with van der Waals surface area (Å²) in [5, 5.41) is 12.3. The lowest BCUT2D eigenvalue weighted by molar-refractivity contribution is -0.143. The Morgan fingerprint density at radius 3 is 1.63 bits per heavy atom. The Labute approximate surface area is 675 Å². The molecule has 3 aromatic carbocycles. The van der Waals surface area contributed by atoms with Crippen molar-refractivity contribution >= 4 is 100 Å². The van der Waals surface area contributed by atoms with Crippen molar-refractivity contribution in [2.75, 3.05) is 13.1 Å². The maximum absolute atomic E-state index is 16.3. The molecule has 5 aromatic rings. The summed E-state index contributed by atoms with van der Waals surface area (Å²) in [5.74, 6) is -10.2. The summed E-state index contributed by atoms with van der Waals surface area (Å²) in [6.07, 6.45) is -3.02. The number of fused-ring (bicyclic) bond motifs is 12. The average molecular weight is 1670 g/mol. The number of aromatic nitrogens is 4. The number of carbonyl (C=O) groups excluding carboxylic acids is 8. The fraction of sp³-hybridized carbons (Fsp3) is 0.659. The van der Waals surface area contributed by atoms with Crippen molar-refractivity contribution < 1.29 is 91.7 Å². The molecule has 8 fully saturated rings. The van der Waals surface area contributed by atoms with E-state index < -0.39 is 204 Å². The lowest BCUT2D eigenvalue weighted by Crippen LogP contribution is -2.61. The van der Waals surface area contributed by atoms with Crippen LogP contribution in [0.5, 0.6) is 11.9 Å². The minimum atomic E-state index is -4.42. The normalized spacial score (nSPS) is 30.3. The Bertz CT molecular complexity index is 5120. The number of alkyl carbamates (subject to hydrolysis) is 2. The van der Waals surface area contributed by atoms with Crippen molar-refractivity contribution in [2.45, 2.75) is 291 Å². The molecular weight excluding hydrogens is 1570 g/mol. The van der Waals surface area contributed by atoms with Gasteiger partial charge in [0.25, 0.3) is 23.4 Å². The Hall–Kier alpha value is -9.02. The number of ether oxygens (including phenoxy) is 4. The molecule has 10 aliphatic rings. The highest BCUT2D eigenvalue weighted by atomic mass is 32.2. The number of nitrogens with zero attached hydrogens (tertiary/aromatic N) is 6. The molecule has 634 valence electrons. The van der Waals surface area contributed by atoms with E-state index in [2.05, 4.69) is 21.3 Å². The number of hydrogen-bond donors (Lipinski definition) is 6. The summed E-state index contributed by atoms with van der Waals surface area (Å²) >= 11 is 0. The summed E-state index contributed by atoms with van der Waals surface area (Å²) in [6, 6.07) is 9.73. The molecule has 14 atom stereocenters. The van der Waals surface area contributed by atoms with E-state index in [0.717, 1.165) is 65.5 Å². The molecule has 29 nitrogen and oxygen atoms in total. The molecule has 2 saturated heterocycles. The third-order valence-electron chi connectivity index (χ3n) is 26.6. The molecule has 6 N–H and O–H groups in total. The second kappa shape index (κ2) is 31.3. The second-order valence-corrected chi connectivity index (χ2v) is 41.1. The third kappa shape index (κ3) is 16.5. The highest BCUT2D eigenvalue weighted by Gasteiger charge is 2.69. The molecule has 0 radical (unpaired) electrons. The predicted molar refractivity (Wildman–Crippen MR) is 418 cm³/mol. The number of rotatable bonds is 15. The molecule has 4 bridgehead atoms. The van der Waals surface area contributed by atoms with Gasteiger partial charge >= 0.3 is 12.2 Å². The molecular formula is C82H104F4N12O17S2. The van der Waals surface area contributed by atoms with Gasteiger partial charge in [0.05, 0.1) is 50.8 Å². The van der Waals surface area contributed by atoms with Crippen LogP contribution in [-0.2, 0) is 77.7 Å². The highest BCUT2D eigenvalue weighted by molar-refractivity contribution is 7.92. The Morgan fingerprint density at radius 2 is 1.09 bits per heavy atom. The maximum atomic E-state index is 16.3. The first-order chi connectivity index (χ1) is 55.3. The second-order valence-electron chi connectivity index (χ2n) is 36.7. The van der Waals surface area contributed by atoms with Gasteiger partial charge < -0.3 is 50.0 Å². The molecule has 6 aliphatic carbocycles. The van der Waals surface area contributed by atoms with E-state index in [4.69, 9.17) is 33.9 Å². The number of nitrogens with one attached hydrogen (secondary N) is 6. The van der Waals surface area contributed by atoms with Crippen molar-refractivity contribution in [3.63, 3.8) is 0 Å². The topological polar surface area (TPSA) is 381 Å². The number of hydrogen-bond acceptors (Lipinski definition) is 20. The Balaban J connectivity index is 0.771. The summed E-state index contributed by atoms with van der Waals surface area (Å²) < 4.78 is 142. The SMILES string of the molecule is CC(C)(C)[C@@H]1NC(=O)O[C@@H]2CCC[C@H]2CCCCCn2c(nc3ccc(CC(C)(C)[C@@H]4NC(=O)O[C@@H]5CCC[C@H]5CCCCCc5nc6ccc7ccccc7c6nc5O[C@@H]5C[C@@H](C(=O)N[C@]6(C(=O)NS(=O)(=O)C7(C)CC7)C[C@H]6C(F)F)N(C5)C4=O)cc3c2=O)O[C@@H]2C[C@@H](C(=O)N[C@]3(C(=O)NS(=O)(=O)C4(C)CC4)C[C@H]3C(F)F)N(C2)C1=O. The van der Waals surface area contributed by atoms with E-state index in [-0.39, 0.29) is 86.2 Å². The molecule has 4 aliphatic heterocycles. The minimum absolute atomic E-state index is 0.0122. The molecule has 6 heterocycles. The third-order valence-corrected chi connectivity index (χ3v) is 30.9. The number of amides is 8. The van der Waals surface area contributed by atoms with Crippen LogP contribution in [0.1, 0.15) is 201 Å². The zero-order valence-corrected chi connectivity index (χ0v) is 68.5. The molecule has 6 saturated carbocycles. The van der Waals surface area contributed by atoms with Crippen LogP contribution in [0, 0.1) is 34.5 Å². The number of halogens is 4. The van der Waals surface area contributed by atoms with E-state index in [9.17, 15) is 44.8 Å². The van der Waals surface area contributed by atoms with Gasteiger partial charge in [-0.3, -0.25) is 47.6 Å². The van der Waals surface area contributed by atoms with Gasteiger partial charge in [0.15, 0.2) is 0 Å². The molecule has 117 heavy (non-hydrogen) atoms. The van der Waals surface area contributed by atoms with Gasteiger partial charge in [-0.05, 0) is 181 Å². The average Bonchev–Trinajstić information content (AvgIpc) is 1.56. The van der Waals surface area contributed by atoms with Crippen molar-refractivity contribution in [1.82, 2.24) is 60.0 Å². The molecule has 8 amide bonds. The van der Waals surface area contributed by atoms with E-state index >= 15 is 32.8 Å². The molecule has 15 rings (SSSR count). The van der Waals surface area contributed by atoms with E-state index in [1.165, 1.54) is 18.4 Å². The van der Waals surface area contributed by atoms with Crippen LogP contribution in [0.15, 0.2) is 59.4 Å². The molecule has 2 aromatic heterocycles. The monoisotopic (exact) mass is 1670 g/mol. The molecule has 0 spiro atoms. The smallest absolute Gasteiger partial charge is 0.408 e. The number of aryl methyl sites for hydroxylation is 1. The van der Waals surface area contributed by atoms with E-state index in [1.807, 2.05) is 45.8 Å². The predicted octanol–water partition coefficient (Wildman–Crippen LogP) is 9.00. The van der Waals surface area contributed by atoms with Gasteiger partial charge in [-0.1, -0.05) is 96.7 Å². The number of carbonyl (C=O) groups is 8. The number of benzene rings is 3. The number of alkyl halides is 4.